The summed E-state index contributed by atoms with van der Waals surface area (Å²) >= 11 is 0. The van der Waals surface area contributed by atoms with Crippen LogP contribution in [-0.2, 0) is 14.3 Å². The van der Waals surface area contributed by atoms with Gasteiger partial charge in [0.1, 0.15) is 5.78 Å². The van der Waals surface area contributed by atoms with Crippen LogP contribution in [0.5, 0.6) is 0 Å². The first kappa shape index (κ1) is 9.69. The van der Waals surface area contributed by atoms with Crippen molar-refractivity contribution >= 4 is 11.8 Å². The summed E-state index contributed by atoms with van der Waals surface area (Å²) in [6, 6.07) is 0. The van der Waals surface area contributed by atoms with Gasteiger partial charge >= 0.3 is 5.97 Å². The van der Waals surface area contributed by atoms with Gasteiger partial charge in [0.15, 0.2) is 0 Å². The van der Waals surface area contributed by atoms with Gasteiger partial charge in [-0.3, -0.25) is 9.59 Å². The van der Waals surface area contributed by atoms with Gasteiger partial charge in [-0.05, 0) is 31.1 Å². The lowest BCUT2D eigenvalue weighted by Crippen LogP contribution is -2.20. The van der Waals surface area contributed by atoms with Crippen LogP contribution in [0.2, 0.25) is 0 Å². The molecule has 2 aliphatic rings. The number of carbonyl (C=O) groups excluding carboxylic acids is 2. The highest BCUT2D eigenvalue weighted by molar-refractivity contribution is 5.80. The van der Waals surface area contributed by atoms with Crippen LogP contribution in [0.3, 0.4) is 0 Å². The molecular weight excluding hydrogens is 180 g/mol. The van der Waals surface area contributed by atoms with E-state index in [0.29, 0.717) is 24.0 Å². The fourth-order valence-corrected chi connectivity index (χ4v) is 2.92. The lowest BCUT2D eigenvalue weighted by atomic mass is 9.81. The number of esters is 1. The van der Waals surface area contributed by atoms with E-state index in [1.807, 2.05) is 0 Å². The second kappa shape index (κ2) is 3.71. The highest BCUT2D eigenvalue weighted by Crippen LogP contribution is 2.44. The third-order valence-electron chi connectivity index (χ3n) is 3.66. The van der Waals surface area contributed by atoms with E-state index in [-0.39, 0.29) is 11.9 Å². The predicted molar refractivity (Wildman–Crippen MR) is 50.6 cm³/mol. The Morgan fingerprint density at radius 1 is 1.36 bits per heavy atom. The van der Waals surface area contributed by atoms with Crippen LogP contribution in [0.15, 0.2) is 0 Å². The minimum Gasteiger partial charge on any atom is -0.469 e. The average molecular weight is 196 g/mol. The molecule has 3 atom stereocenters. The number of methoxy groups -OCH3 is 1. The Morgan fingerprint density at radius 3 is 2.79 bits per heavy atom. The van der Waals surface area contributed by atoms with Gasteiger partial charge in [0.25, 0.3) is 0 Å². The molecule has 0 aromatic heterocycles. The molecule has 0 aromatic rings. The number of hydrogen-bond acceptors (Lipinski definition) is 3. The number of ether oxygens (including phenoxy) is 1. The van der Waals surface area contributed by atoms with E-state index in [1.165, 1.54) is 7.11 Å². The fourth-order valence-electron chi connectivity index (χ4n) is 2.92. The fraction of sp³-hybridized carbons (Fsp3) is 0.818. The first-order chi connectivity index (χ1) is 6.70. The zero-order chi connectivity index (χ0) is 10.1. The van der Waals surface area contributed by atoms with Gasteiger partial charge in [-0.15, -0.1) is 0 Å². The summed E-state index contributed by atoms with van der Waals surface area (Å²) in [5.41, 5.74) is 0. The van der Waals surface area contributed by atoms with Gasteiger partial charge in [-0.1, -0.05) is 0 Å². The maximum Gasteiger partial charge on any atom is 0.308 e. The minimum atomic E-state index is -0.0909. The second-order valence-electron chi connectivity index (χ2n) is 4.49. The normalized spacial score (nSPS) is 36.6. The quantitative estimate of drug-likeness (QED) is 0.598. The summed E-state index contributed by atoms with van der Waals surface area (Å²) in [7, 11) is 1.44. The van der Waals surface area contributed by atoms with Crippen molar-refractivity contribution < 1.29 is 14.3 Å². The maximum absolute atomic E-state index is 11.3. The molecule has 0 radical (unpaired) electrons. The summed E-state index contributed by atoms with van der Waals surface area (Å²) in [5, 5.41) is 0. The molecule has 3 heteroatoms. The van der Waals surface area contributed by atoms with Crippen LogP contribution >= 0.6 is 0 Å². The molecule has 0 aliphatic heterocycles. The third-order valence-corrected chi connectivity index (χ3v) is 3.66. The van der Waals surface area contributed by atoms with E-state index in [1.54, 1.807) is 0 Å². The van der Waals surface area contributed by atoms with Crippen LogP contribution in [0.25, 0.3) is 0 Å². The summed E-state index contributed by atoms with van der Waals surface area (Å²) in [5.74, 6) is 1.39. The SMILES string of the molecule is COC(=O)[C@@H]1C[C@H]2CCC(=O)C[C@H]2C1. The van der Waals surface area contributed by atoms with Crippen LogP contribution in [0.1, 0.15) is 32.1 Å². The molecule has 14 heavy (non-hydrogen) atoms. The number of fused-ring (bicyclic) bond motifs is 1. The van der Waals surface area contributed by atoms with Crippen molar-refractivity contribution in [3.63, 3.8) is 0 Å². The van der Waals surface area contributed by atoms with Crippen molar-refractivity contribution in [1.82, 2.24) is 0 Å². The van der Waals surface area contributed by atoms with Crippen LogP contribution in [0, 0.1) is 17.8 Å². The van der Waals surface area contributed by atoms with Crippen LogP contribution in [-0.4, -0.2) is 18.9 Å². The van der Waals surface area contributed by atoms with Crippen molar-refractivity contribution in [2.24, 2.45) is 17.8 Å². The van der Waals surface area contributed by atoms with Crippen molar-refractivity contribution in [2.45, 2.75) is 32.1 Å². The predicted octanol–water partition coefficient (Wildman–Crippen LogP) is 1.55. The minimum absolute atomic E-state index is 0.0564. The number of Topliss-reactive ketones (excluding diaryl/α,β-unsaturated/α-hetero) is 1. The molecular formula is C11H16O3. The molecule has 0 amide bonds. The van der Waals surface area contributed by atoms with Crippen LogP contribution < -0.4 is 0 Å². The Hall–Kier alpha value is -0.860. The monoisotopic (exact) mass is 196 g/mol. The number of rotatable bonds is 1. The standard InChI is InChI=1S/C11H16O3/c1-14-11(13)9-4-7-2-3-10(12)6-8(7)5-9/h7-9H,2-6H2,1H3/t7-,8-,9-/m1/s1. The molecule has 2 rings (SSSR count). The molecule has 78 valence electrons. The Morgan fingerprint density at radius 2 is 2.07 bits per heavy atom. The number of hydrogen-bond donors (Lipinski definition) is 0. The molecule has 0 aromatic carbocycles. The van der Waals surface area contributed by atoms with Gasteiger partial charge in [-0.2, -0.15) is 0 Å². The van der Waals surface area contributed by atoms with Crippen molar-refractivity contribution in [1.29, 1.82) is 0 Å². The molecule has 0 unspecified atom stereocenters. The van der Waals surface area contributed by atoms with E-state index in [9.17, 15) is 9.59 Å². The van der Waals surface area contributed by atoms with E-state index >= 15 is 0 Å². The van der Waals surface area contributed by atoms with Gasteiger partial charge in [-0.25, -0.2) is 0 Å². The Bertz CT molecular complexity index is 259. The lowest BCUT2D eigenvalue weighted by molar-refractivity contribution is -0.145. The van der Waals surface area contributed by atoms with Gasteiger partial charge < -0.3 is 4.74 Å². The first-order valence-electron chi connectivity index (χ1n) is 5.30. The number of carbonyl (C=O) groups is 2. The van der Waals surface area contributed by atoms with E-state index in [2.05, 4.69) is 0 Å². The highest BCUT2D eigenvalue weighted by atomic mass is 16.5. The molecule has 2 aliphatic carbocycles. The van der Waals surface area contributed by atoms with Crippen molar-refractivity contribution in [3.8, 4) is 0 Å². The topological polar surface area (TPSA) is 43.4 Å². The van der Waals surface area contributed by atoms with E-state index in [0.717, 1.165) is 25.7 Å². The summed E-state index contributed by atoms with van der Waals surface area (Å²) < 4.78 is 4.74. The molecule has 0 bridgehead atoms. The zero-order valence-electron chi connectivity index (χ0n) is 8.49. The number of ketones is 1. The molecule has 3 nitrogen and oxygen atoms in total. The first-order valence-corrected chi connectivity index (χ1v) is 5.30. The molecule has 0 spiro atoms. The molecule has 0 saturated heterocycles. The Labute approximate surface area is 83.8 Å². The smallest absolute Gasteiger partial charge is 0.308 e. The summed E-state index contributed by atoms with van der Waals surface area (Å²) in [6.07, 6.45) is 4.19. The average Bonchev–Trinajstić information content (AvgIpc) is 2.59. The largest absolute Gasteiger partial charge is 0.469 e. The summed E-state index contributed by atoms with van der Waals surface area (Å²) in [4.78, 5) is 22.6. The Kier molecular flexibility index (Phi) is 2.57. The third kappa shape index (κ3) is 1.68. The van der Waals surface area contributed by atoms with E-state index < -0.39 is 0 Å². The maximum atomic E-state index is 11.3. The lowest BCUT2D eigenvalue weighted by Gasteiger charge is -2.23. The van der Waals surface area contributed by atoms with Gasteiger partial charge in [0.05, 0.1) is 13.0 Å². The van der Waals surface area contributed by atoms with Crippen molar-refractivity contribution in [2.75, 3.05) is 7.11 Å². The van der Waals surface area contributed by atoms with Gasteiger partial charge in [0, 0.05) is 12.8 Å². The highest BCUT2D eigenvalue weighted by Gasteiger charge is 2.41. The summed E-state index contributed by atoms with van der Waals surface area (Å²) in [6.45, 7) is 0. The molecule has 2 saturated carbocycles. The second-order valence-corrected chi connectivity index (χ2v) is 4.49. The van der Waals surface area contributed by atoms with Crippen LogP contribution in [0.4, 0.5) is 0 Å². The molecule has 0 heterocycles. The zero-order valence-corrected chi connectivity index (χ0v) is 8.49. The molecule has 0 N–H and O–H groups in total. The van der Waals surface area contributed by atoms with Crippen molar-refractivity contribution in [3.05, 3.63) is 0 Å². The molecule has 2 fully saturated rings. The Balaban J connectivity index is 1.98. The van der Waals surface area contributed by atoms with E-state index in [4.69, 9.17) is 4.74 Å². The van der Waals surface area contributed by atoms with Gasteiger partial charge in [0.2, 0.25) is 0 Å².